The molecule has 0 radical (unpaired) electrons. The zero-order valence-corrected chi connectivity index (χ0v) is 27.5. The number of nitrogens with one attached hydrogen (secondary N) is 2. The van der Waals surface area contributed by atoms with Gasteiger partial charge in [0.15, 0.2) is 0 Å². The van der Waals surface area contributed by atoms with E-state index in [0.717, 1.165) is 50.5 Å². The van der Waals surface area contributed by atoms with E-state index in [1.54, 1.807) is 23.3 Å². The van der Waals surface area contributed by atoms with Gasteiger partial charge in [0.2, 0.25) is 21.8 Å². The van der Waals surface area contributed by atoms with E-state index in [1.165, 1.54) is 11.4 Å². The summed E-state index contributed by atoms with van der Waals surface area (Å²) in [7, 11) is -2.39. The summed E-state index contributed by atoms with van der Waals surface area (Å²) in [5.74, 6) is 0.147. The van der Waals surface area contributed by atoms with Gasteiger partial charge in [0.1, 0.15) is 12.1 Å². The van der Waals surface area contributed by atoms with Crippen LogP contribution in [-0.4, -0.2) is 87.9 Å². The van der Waals surface area contributed by atoms with E-state index in [2.05, 4.69) is 21.5 Å². The minimum atomic E-state index is -3.87. The van der Waals surface area contributed by atoms with Gasteiger partial charge >= 0.3 is 0 Å². The minimum Gasteiger partial charge on any atom is -0.390 e. The molecular weight excluding hydrogens is 606 g/mol. The summed E-state index contributed by atoms with van der Waals surface area (Å²) in [4.78, 5) is 31.4. The van der Waals surface area contributed by atoms with E-state index in [9.17, 15) is 28.2 Å². The van der Waals surface area contributed by atoms with Gasteiger partial charge in [0.05, 0.1) is 30.1 Å². The fraction of sp³-hybridized carbons (Fsp3) is 0.618. The molecule has 1 aromatic carbocycles. The minimum absolute atomic E-state index is 0.0146. The van der Waals surface area contributed by atoms with Crippen molar-refractivity contribution < 1.29 is 28.2 Å². The molecule has 46 heavy (non-hydrogen) atoms. The smallest absolute Gasteiger partial charge is 0.243 e. The van der Waals surface area contributed by atoms with Crippen LogP contribution in [0.3, 0.4) is 0 Å². The molecule has 2 aromatic rings. The highest BCUT2D eigenvalue weighted by Gasteiger charge is 2.40. The lowest BCUT2D eigenvalue weighted by Gasteiger charge is -2.33. The van der Waals surface area contributed by atoms with E-state index in [4.69, 9.17) is 6.42 Å². The van der Waals surface area contributed by atoms with Gasteiger partial charge in [-0.05, 0) is 43.1 Å². The second-order valence-corrected chi connectivity index (χ2v) is 15.1. The lowest BCUT2D eigenvalue weighted by atomic mass is 9.82. The summed E-state index contributed by atoms with van der Waals surface area (Å²) in [6.07, 6.45) is 16.0. The molecular formula is C34H49N5O6S. The second-order valence-electron chi connectivity index (χ2n) is 12.9. The molecule has 1 heterocycles. The van der Waals surface area contributed by atoms with Gasteiger partial charge < -0.3 is 25.4 Å². The first-order valence-corrected chi connectivity index (χ1v) is 18.0. The number of nitrogens with zero attached hydrogens (tertiary/aromatic N) is 3. The molecule has 0 bridgehead atoms. The molecule has 0 aliphatic heterocycles. The summed E-state index contributed by atoms with van der Waals surface area (Å²) in [5, 5.41) is 27.5. The lowest BCUT2D eigenvalue weighted by Crippen LogP contribution is -2.56. The summed E-state index contributed by atoms with van der Waals surface area (Å²) in [6.45, 7) is 0.594. The summed E-state index contributed by atoms with van der Waals surface area (Å²) >= 11 is 0. The van der Waals surface area contributed by atoms with Crippen molar-refractivity contribution in [2.45, 2.75) is 95.0 Å². The summed E-state index contributed by atoms with van der Waals surface area (Å²) < 4.78 is 29.9. The number of carbonyl (C=O) groups is 2. The SMILES string of the molecule is C#CC[C@H](NC(=O)[C@H](Cc1ccccc1)CS(=O)(=O)N(C)CCn1ccnc1)C(=O)N[C@@H](CC1CCCCC1)[C@@H](O)[C@@H](O)C1CC1. The van der Waals surface area contributed by atoms with Crippen LogP contribution >= 0.6 is 0 Å². The van der Waals surface area contributed by atoms with Crippen molar-refractivity contribution in [2.24, 2.45) is 17.8 Å². The average Bonchev–Trinajstić information content (AvgIpc) is 3.77. The topological polar surface area (TPSA) is 154 Å². The number of hydrogen-bond acceptors (Lipinski definition) is 7. The molecule has 2 saturated carbocycles. The molecule has 2 aliphatic rings. The van der Waals surface area contributed by atoms with Crippen molar-refractivity contribution in [1.82, 2.24) is 24.5 Å². The lowest BCUT2D eigenvalue weighted by molar-refractivity contribution is -0.132. The number of sulfonamides is 1. The van der Waals surface area contributed by atoms with Crippen LogP contribution in [0.5, 0.6) is 0 Å². The Kier molecular flexibility index (Phi) is 13.2. The van der Waals surface area contributed by atoms with Crippen LogP contribution in [0.25, 0.3) is 0 Å². The van der Waals surface area contributed by atoms with Crippen molar-refractivity contribution in [1.29, 1.82) is 0 Å². The predicted molar refractivity (Wildman–Crippen MR) is 176 cm³/mol. The number of likely N-dealkylation sites (N-methyl/N-ethyl adjacent to an activating group) is 1. The Morgan fingerprint density at radius 3 is 2.43 bits per heavy atom. The van der Waals surface area contributed by atoms with Crippen LogP contribution in [0.15, 0.2) is 49.1 Å². The van der Waals surface area contributed by atoms with Gasteiger partial charge in [0.25, 0.3) is 0 Å². The number of aliphatic hydroxyl groups excluding tert-OH is 2. The molecule has 2 fully saturated rings. The average molecular weight is 656 g/mol. The standard InChI is InChI=1S/C34H49N5O6S/c1-3-10-29(34(43)37-30(22-26-13-8-5-9-14-26)32(41)31(40)27-15-16-27)36-33(42)28(21-25-11-6-4-7-12-25)23-46(44,45)38(2)19-20-39-18-17-35-24-39/h1,4,6-7,11-12,17-18,24,26-32,40-41H,5,8-10,13-16,19-23H2,2H3,(H,36,42)(H,37,43)/t28-,29+,30+,31+,32-/m1/s1. The Bertz CT molecular complexity index is 1390. The molecule has 0 spiro atoms. The molecule has 2 amide bonds. The molecule has 252 valence electrons. The van der Waals surface area contributed by atoms with Crippen molar-refractivity contribution in [2.75, 3.05) is 19.3 Å². The van der Waals surface area contributed by atoms with Crippen LogP contribution in [0.2, 0.25) is 0 Å². The van der Waals surface area contributed by atoms with Crippen molar-refractivity contribution >= 4 is 21.8 Å². The van der Waals surface area contributed by atoms with Crippen LogP contribution in [0.1, 0.15) is 63.4 Å². The number of carbonyl (C=O) groups excluding carboxylic acids is 2. The largest absolute Gasteiger partial charge is 0.390 e. The van der Waals surface area contributed by atoms with E-state index < -0.39 is 57.8 Å². The van der Waals surface area contributed by atoms with Crippen LogP contribution in [0, 0.1) is 30.1 Å². The highest BCUT2D eigenvalue weighted by atomic mass is 32.2. The molecule has 5 atom stereocenters. The first-order valence-electron chi connectivity index (χ1n) is 16.4. The fourth-order valence-corrected chi connectivity index (χ4v) is 7.63. The van der Waals surface area contributed by atoms with Gasteiger partial charge in [-0.3, -0.25) is 9.59 Å². The number of hydrogen-bond donors (Lipinski definition) is 4. The predicted octanol–water partition coefficient (Wildman–Crippen LogP) is 2.10. The van der Waals surface area contributed by atoms with Gasteiger partial charge in [0, 0.05) is 39.0 Å². The van der Waals surface area contributed by atoms with Crippen LogP contribution in [-0.2, 0) is 32.6 Å². The molecule has 4 rings (SSSR count). The van der Waals surface area contributed by atoms with Crippen molar-refractivity contribution in [3.8, 4) is 12.3 Å². The van der Waals surface area contributed by atoms with Crippen molar-refractivity contribution in [3.05, 3.63) is 54.6 Å². The normalized spacial score (nSPS) is 19.0. The van der Waals surface area contributed by atoms with Gasteiger partial charge in [-0.1, -0.05) is 62.4 Å². The van der Waals surface area contributed by atoms with E-state index in [-0.39, 0.29) is 25.3 Å². The zero-order chi connectivity index (χ0) is 33.1. The van der Waals surface area contributed by atoms with Gasteiger partial charge in [-0.15, -0.1) is 12.3 Å². The van der Waals surface area contributed by atoms with E-state index >= 15 is 0 Å². The Morgan fingerprint density at radius 2 is 1.80 bits per heavy atom. The quantitative estimate of drug-likeness (QED) is 0.180. The third-order valence-corrected chi connectivity index (χ3v) is 11.2. The highest BCUT2D eigenvalue weighted by Crippen LogP contribution is 2.36. The van der Waals surface area contributed by atoms with Crippen LogP contribution in [0.4, 0.5) is 0 Å². The third kappa shape index (κ3) is 10.7. The van der Waals surface area contributed by atoms with E-state index in [0.29, 0.717) is 18.9 Å². The third-order valence-electron chi connectivity index (χ3n) is 9.28. The van der Waals surface area contributed by atoms with Gasteiger partial charge in [-0.2, -0.15) is 0 Å². The molecule has 2 aliphatic carbocycles. The second kappa shape index (κ2) is 17.1. The maximum atomic E-state index is 13.8. The Labute approximate surface area is 273 Å². The molecule has 11 nitrogen and oxygen atoms in total. The number of aliphatic hydroxyl groups is 2. The fourth-order valence-electron chi connectivity index (χ4n) is 6.24. The Morgan fingerprint density at radius 1 is 1.09 bits per heavy atom. The number of benzene rings is 1. The molecule has 12 heteroatoms. The molecule has 1 aromatic heterocycles. The van der Waals surface area contributed by atoms with Crippen molar-refractivity contribution in [3.63, 3.8) is 0 Å². The number of amides is 2. The number of rotatable bonds is 18. The maximum absolute atomic E-state index is 13.8. The maximum Gasteiger partial charge on any atom is 0.243 e. The molecule has 0 saturated heterocycles. The number of aromatic nitrogens is 2. The van der Waals surface area contributed by atoms with E-state index in [1.807, 2.05) is 30.3 Å². The van der Waals surface area contributed by atoms with Gasteiger partial charge in [-0.25, -0.2) is 17.7 Å². The first kappa shape index (κ1) is 35.6. The highest BCUT2D eigenvalue weighted by molar-refractivity contribution is 7.89. The Balaban J connectivity index is 1.47. The first-order chi connectivity index (χ1) is 22.1. The Hall–Kier alpha value is -3.24. The number of terminal acetylenes is 1. The monoisotopic (exact) mass is 655 g/mol. The zero-order valence-electron chi connectivity index (χ0n) is 26.7. The molecule has 4 N–H and O–H groups in total. The molecule has 0 unspecified atom stereocenters. The van der Waals surface area contributed by atoms with Crippen LogP contribution < -0.4 is 10.6 Å². The number of imidazole rings is 1. The summed E-state index contributed by atoms with van der Waals surface area (Å²) in [6, 6.07) is 7.28. The summed E-state index contributed by atoms with van der Waals surface area (Å²) in [5.41, 5.74) is 0.779.